The molecule has 0 unspecified atom stereocenters. The summed E-state index contributed by atoms with van der Waals surface area (Å²) >= 11 is 0. The van der Waals surface area contributed by atoms with E-state index >= 15 is 0 Å². The van der Waals surface area contributed by atoms with Crippen molar-refractivity contribution in [2.24, 2.45) is 0 Å². The van der Waals surface area contributed by atoms with Crippen LogP contribution < -0.4 is 20.7 Å². The third-order valence-electron chi connectivity index (χ3n) is 5.49. The van der Waals surface area contributed by atoms with Crippen LogP contribution in [0.1, 0.15) is 11.1 Å². The van der Waals surface area contributed by atoms with Crippen LogP contribution in [-0.2, 0) is 6.16 Å². The van der Waals surface area contributed by atoms with E-state index < -0.39 is 13.9 Å². The first-order valence-corrected chi connectivity index (χ1v) is 12.5. The molecule has 0 fully saturated rings. The van der Waals surface area contributed by atoms with Crippen LogP contribution in [0.3, 0.4) is 0 Å². The van der Waals surface area contributed by atoms with Crippen LogP contribution in [-0.4, -0.2) is 13.3 Å². The van der Waals surface area contributed by atoms with Gasteiger partial charge in [-0.15, -0.1) is 0 Å². The minimum absolute atomic E-state index is 0.0535. The van der Waals surface area contributed by atoms with Crippen molar-refractivity contribution in [3.05, 3.63) is 120 Å². The predicted octanol–water partition coefficient (Wildman–Crippen LogP) is 5.40. The SMILES string of the molecule is N#Cc1cccc(C[P+](c2ccccc2)(c2ccccc2)c2ccc(OCCF)cc2)c1. The van der Waals surface area contributed by atoms with Gasteiger partial charge < -0.3 is 4.74 Å². The van der Waals surface area contributed by atoms with E-state index in [2.05, 4.69) is 72.8 Å². The lowest BCUT2D eigenvalue weighted by Crippen LogP contribution is -2.32. The summed E-state index contributed by atoms with van der Waals surface area (Å²) in [5.74, 6) is 0.664. The quantitative estimate of drug-likeness (QED) is 0.344. The number of hydrogen-bond acceptors (Lipinski definition) is 2. The van der Waals surface area contributed by atoms with Gasteiger partial charge in [0.2, 0.25) is 0 Å². The number of nitrogens with zero attached hydrogens (tertiary/aromatic N) is 1. The fourth-order valence-electron chi connectivity index (χ4n) is 4.05. The van der Waals surface area contributed by atoms with Crippen molar-refractivity contribution < 1.29 is 9.13 Å². The maximum Gasteiger partial charge on any atom is 0.123 e. The van der Waals surface area contributed by atoms with E-state index in [0.29, 0.717) is 11.3 Å². The topological polar surface area (TPSA) is 33.0 Å². The Kier molecular flexibility index (Phi) is 6.95. The molecule has 158 valence electrons. The van der Waals surface area contributed by atoms with Gasteiger partial charge in [0, 0.05) is 0 Å². The van der Waals surface area contributed by atoms with Gasteiger partial charge in [-0.1, -0.05) is 48.5 Å². The summed E-state index contributed by atoms with van der Waals surface area (Å²) in [6.07, 6.45) is 0.793. The lowest BCUT2D eigenvalue weighted by atomic mass is 10.2. The Hall–Kier alpha value is -3.47. The first kappa shape index (κ1) is 21.8. The fourth-order valence-corrected chi connectivity index (χ4v) is 8.26. The zero-order valence-corrected chi connectivity index (χ0v) is 18.6. The lowest BCUT2D eigenvalue weighted by molar-refractivity contribution is 0.273. The Morgan fingerprint density at radius 2 is 1.31 bits per heavy atom. The van der Waals surface area contributed by atoms with Crippen LogP contribution >= 0.6 is 7.26 Å². The minimum Gasteiger partial charge on any atom is -0.491 e. The molecule has 0 N–H and O–H groups in total. The van der Waals surface area contributed by atoms with Gasteiger partial charge in [0.15, 0.2) is 0 Å². The Balaban J connectivity index is 1.92. The van der Waals surface area contributed by atoms with Crippen molar-refractivity contribution in [1.29, 1.82) is 5.26 Å². The molecule has 32 heavy (non-hydrogen) atoms. The number of hydrogen-bond donors (Lipinski definition) is 0. The second-order valence-electron chi connectivity index (χ2n) is 7.48. The van der Waals surface area contributed by atoms with Crippen molar-refractivity contribution in [1.82, 2.24) is 0 Å². The van der Waals surface area contributed by atoms with E-state index in [0.717, 1.165) is 11.7 Å². The molecule has 0 heterocycles. The number of benzene rings is 4. The zero-order valence-electron chi connectivity index (χ0n) is 17.7. The average molecular weight is 440 g/mol. The van der Waals surface area contributed by atoms with Crippen LogP contribution in [0, 0.1) is 11.3 Å². The highest BCUT2D eigenvalue weighted by Gasteiger charge is 2.45. The smallest absolute Gasteiger partial charge is 0.123 e. The monoisotopic (exact) mass is 440 g/mol. The predicted molar refractivity (Wildman–Crippen MR) is 131 cm³/mol. The van der Waals surface area contributed by atoms with E-state index in [4.69, 9.17) is 4.74 Å². The lowest BCUT2D eigenvalue weighted by Gasteiger charge is -2.28. The maximum atomic E-state index is 12.6. The molecular formula is C28H24FNOP+. The third-order valence-corrected chi connectivity index (χ3v) is 9.87. The van der Waals surface area contributed by atoms with Gasteiger partial charge in [0.05, 0.1) is 17.8 Å². The van der Waals surface area contributed by atoms with Gasteiger partial charge in [0.1, 0.15) is 42.2 Å². The minimum atomic E-state index is -2.09. The molecule has 0 aliphatic carbocycles. The first-order valence-electron chi connectivity index (χ1n) is 10.5. The number of nitriles is 1. The molecule has 0 bridgehead atoms. The molecule has 0 saturated heterocycles. The summed E-state index contributed by atoms with van der Waals surface area (Å²) in [5, 5.41) is 13.2. The van der Waals surface area contributed by atoms with Crippen molar-refractivity contribution in [2.75, 3.05) is 13.3 Å². The second kappa shape index (κ2) is 10.2. The molecule has 4 aromatic rings. The van der Waals surface area contributed by atoms with Crippen LogP contribution in [0.4, 0.5) is 4.39 Å². The van der Waals surface area contributed by atoms with E-state index in [9.17, 15) is 9.65 Å². The van der Waals surface area contributed by atoms with Crippen LogP contribution in [0.2, 0.25) is 0 Å². The molecule has 0 aliphatic heterocycles. The van der Waals surface area contributed by atoms with E-state index in [-0.39, 0.29) is 6.61 Å². The van der Waals surface area contributed by atoms with Crippen molar-refractivity contribution in [3.63, 3.8) is 0 Å². The molecule has 0 atom stereocenters. The van der Waals surface area contributed by atoms with Crippen LogP contribution in [0.15, 0.2) is 109 Å². The standard InChI is InChI=1S/C28H24FNOP/c29-18-19-31-25-14-16-28(17-15-25)32(26-10-3-1-4-11-26,27-12-5-2-6-13-27)22-24-9-7-8-23(20-24)21-30/h1-17,20H,18-19,22H2/q+1. The molecule has 0 amide bonds. The molecule has 4 aromatic carbocycles. The molecule has 4 rings (SSSR count). The average Bonchev–Trinajstić information content (AvgIpc) is 2.87. The molecule has 0 aromatic heterocycles. The van der Waals surface area contributed by atoms with Crippen LogP contribution in [0.5, 0.6) is 5.75 Å². The summed E-state index contributed by atoms with van der Waals surface area (Å²) in [6, 6.07) is 39.4. The normalized spacial score (nSPS) is 11.0. The second-order valence-corrected chi connectivity index (χ2v) is 11.0. The highest BCUT2D eigenvalue weighted by atomic mass is 31.2. The highest BCUT2D eigenvalue weighted by Crippen LogP contribution is 2.58. The molecule has 0 aliphatic rings. The van der Waals surface area contributed by atoms with Crippen molar-refractivity contribution >= 4 is 23.2 Å². The number of halogens is 1. The molecule has 0 spiro atoms. The molecule has 0 radical (unpaired) electrons. The zero-order chi connectivity index (χ0) is 22.2. The Bertz CT molecular complexity index is 1150. The van der Waals surface area contributed by atoms with Crippen LogP contribution in [0.25, 0.3) is 0 Å². The van der Waals surface area contributed by atoms with Gasteiger partial charge in [-0.3, -0.25) is 0 Å². The fraction of sp³-hybridized carbons (Fsp3) is 0.107. The number of ether oxygens (including phenoxy) is 1. The summed E-state index contributed by atoms with van der Waals surface area (Å²) in [5.41, 5.74) is 1.79. The summed E-state index contributed by atoms with van der Waals surface area (Å²) in [7, 11) is -2.09. The summed E-state index contributed by atoms with van der Waals surface area (Å²) in [6.45, 7) is -0.458. The van der Waals surface area contributed by atoms with E-state index in [1.165, 1.54) is 15.9 Å². The Morgan fingerprint density at radius 1 is 0.719 bits per heavy atom. The Morgan fingerprint density at radius 3 is 1.88 bits per heavy atom. The van der Waals surface area contributed by atoms with Gasteiger partial charge >= 0.3 is 0 Å². The van der Waals surface area contributed by atoms with E-state index in [1.807, 2.05) is 42.5 Å². The molecule has 2 nitrogen and oxygen atoms in total. The largest absolute Gasteiger partial charge is 0.491 e. The first-order chi connectivity index (χ1) is 15.8. The van der Waals surface area contributed by atoms with Gasteiger partial charge in [-0.25, -0.2) is 4.39 Å². The third kappa shape index (κ3) is 4.57. The molecule has 4 heteroatoms. The molecule has 0 saturated carbocycles. The van der Waals surface area contributed by atoms with Gasteiger partial charge in [-0.05, 0) is 66.2 Å². The van der Waals surface area contributed by atoms with Gasteiger partial charge in [0.25, 0.3) is 0 Å². The van der Waals surface area contributed by atoms with E-state index in [1.54, 1.807) is 0 Å². The van der Waals surface area contributed by atoms with Gasteiger partial charge in [-0.2, -0.15) is 5.26 Å². The Labute approximate surface area is 189 Å². The van der Waals surface area contributed by atoms with Crippen molar-refractivity contribution in [2.45, 2.75) is 6.16 Å². The maximum absolute atomic E-state index is 12.6. The number of rotatable bonds is 8. The number of alkyl halides is 1. The summed E-state index contributed by atoms with van der Waals surface area (Å²) in [4.78, 5) is 0. The highest BCUT2D eigenvalue weighted by molar-refractivity contribution is 7.95. The molecular weight excluding hydrogens is 416 g/mol. The summed E-state index contributed by atoms with van der Waals surface area (Å²) < 4.78 is 18.0. The van der Waals surface area contributed by atoms with Crippen molar-refractivity contribution in [3.8, 4) is 11.8 Å².